The number of hydrogen-bond acceptors (Lipinski definition) is 3. The van der Waals surface area contributed by atoms with Crippen LogP contribution in [-0.2, 0) is 13.5 Å². The third-order valence-electron chi connectivity index (χ3n) is 3.91. The van der Waals surface area contributed by atoms with Crippen LogP contribution in [0.15, 0.2) is 42.6 Å². The average Bonchev–Trinajstić information content (AvgIpc) is 3.08. The number of hydrogen-bond donors (Lipinski definition) is 2. The lowest BCUT2D eigenvalue weighted by atomic mass is 10.1. The maximum absolute atomic E-state index is 6.04. The molecule has 0 saturated heterocycles. The zero-order chi connectivity index (χ0) is 14.4. The predicted molar refractivity (Wildman–Crippen MR) is 84.0 cm³/mol. The predicted octanol–water partition coefficient (Wildman–Crippen LogP) is 2.62. The van der Waals surface area contributed by atoms with Crippen molar-refractivity contribution in [3.8, 4) is 0 Å². The van der Waals surface area contributed by atoms with E-state index in [1.54, 1.807) is 0 Å². The number of H-pyrrole nitrogens is 1. The second kappa shape index (κ2) is 4.34. The Labute approximate surface area is 121 Å². The molecule has 5 nitrogen and oxygen atoms in total. The number of nitrogens with one attached hydrogen (secondary N) is 1. The van der Waals surface area contributed by atoms with Gasteiger partial charge in [0.2, 0.25) is 0 Å². The zero-order valence-corrected chi connectivity index (χ0v) is 11.7. The number of nitrogens with two attached hydrogens (primary N) is 1. The van der Waals surface area contributed by atoms with Gasteiger partial charge in [-0.05, 0) is 18.2 Å². The lowest BCUT2D eigenvalue weighted by molar-refractivity contribution is 0.838. The molecular weight excluding hydrogens is 262 g/mol. The summed E-state index contributed by atoms with van der Waals surface area (Å²) in [6.07, 6.45) is 2.83. The van der Waals surface area contributed by atoms with E-state index < -0.39 is 0 Å². The van der Waals surface area contributed by atoms with E-state index >= 15 is 0 Å². The van der Waals surface area contributed by atoms with Crippen LogP contribution < -0.4 is 5.73 Å². The van der Waals surface area contributed by atoms with Crippen LogP contribution in [0.3, 0.4) is 0 Å². The van der Waals surface area contributed by atoms with Gasteiger partial charge in [-0.2, -0.15) is 5.10 Å². The van der Waals surface area contributed by atoms with Crippen LogP contribution in [-0.4, -0.2) is 19.7 Å². The number of benzene rings is 1. The highest BCUT2D eigenvalue weighted by Crippen LogP contribution is 2.29. The number of aryl methyl sites for hydroxylation is 1. The van der Waals surface area contributed by atoms with Crippen LogP contribution >= 0.6 is 0 Å². The Hall–Kier alpha value is -2.82. The molecule has 4 rings (SSSR count). The van der Waals surface area contributed by atoms with Gasteiger partial charge in [-0.25, -0.2) is 4.98 Å². The van der Waals surface area contributed by atoms with Crippen molar-refractivity contribution in [3.05, 3.63) is 54.0 Å². The standard InChI is InChI=1S/C16H15N5/c1-21-8-4-5-10(21)9-13-14-11-6-2-3-7-12(11)18-16(17)15(14)20-19-13/h2-8H,9H2,1H3,(H2,17,18)(H,19,20). The molecule has 5 heteroatoms. The molecule has 0 aliphatic carbocycles. The van der Waals surface area contributed by atoms with E-state index in [4.69, 9.17) is 5.73 Å². The van der Waals surface area contributed by atoms with Gasteiger partial charge in [0, 0.05) is 41.8 Å². The molecule has 0 bridgehead atoms. The van der Waals surface area contributed by atoms with E-state index in [2.05, 4.69) is 31.9 Å². The van der Waals surface area contributed by atoms with Gasteiger partial charge in [0.25, 0.3) is 0 Å². The number of anilines is 1. The summed E-state index contributed by atoms with van der Waals surface area (Å²) in [6, 6.07) is 12.2. The largest absolute Gasteiger partial charge is 0.382 e. The van der Waals surface area contributed by atoms with Crippen molar-refractivity contribution in [1.82, 2.24) is 19.7 Å². The van der Waals surface area contributed by atoms with Gasteiger partial charge in [0.05, 0.1) is 5.52 Å². The maximum Gasteiger partial charge on any atom is 0.152 e. The van der Waals surface area contributed by atoms with Gasteiger partial charge < -0.3 is 10.3 Å². The number of aromatic amines is 1. The van der Waals surface area contributed by atoms with E-state index in [0.717, 1.165) is 33.9 Å². The van der Waals surface area contributed by atoms with Crippen LogP contribution in [0.1, 0.15) is 11.4 Å². The number of pyridine rings is 1. The molecule has 0 amide bonds. The lowest BCUT2D eigenvalue weighted by Gasteiger charge is -2.05. The van der Waals surface area contributed by atoms with Crippen LogP contribution in [0.4, 0.5) is 5.82 Å². The van der Waals surface area contributed by atoms with Crippen LogP contribution in [0.25, 0.3) is 21.8 Å². The lowest BCUT2D eigenvalue weighted by Crippen LogP contribution is -1.97. The first-order chi connectivity index (χ1) is 10.2. The Bertz CT molecular complexity index is 948. The molecule has 1 aromatic carbocycles. The Kier molecular flexibility index (Phi) is 2.47. The Morgan fingerprint density at radius 3 is 2.86 bits per heavy atom. The first kappa shape index (κ1) is 12.0. The Morgan fingerprint density at radius 1 is 1.19 bits per heavy atom. The molecule has 3 aromatic heterocycles. The minimum Gasteiger partial charge on any atom is -0.382 e. The molecule has 21 heavy (non-hydrogen) atoms. The molecular formula is C16H15N5. The summed E-state index contributed by atoms with van der Waals surface area (Å²) in [5.74, 6) is 0.470. The van der Waals surface area contributed by atoms with Gasteiger partial charge in [0.1, 0.15) is 5.52 Å². The molecule has 0 fully saturated rings. The molecule has 104 valence electrons. The second-order valence-electron chi connectivity index (χ2n) is 5.23. The number of para-hydroxylation sites is 1. The van der Waals surface area contributed by atoms with Crippen LogP contribution in [0.5, 0.6) is 0 Å². The molecule has 0 radical (unpaired) electrons. The van der Waals surface area contributed by atoms with Crippen molar-refractivity contribution in [2.24, 2.45) is 7.05 Å². The minimum atomic E-state index is 0.470. The highest BCUT2D eigenvalue weighted by atomic mass is 15.1. The Morgan fingerprint density at radius 2 is 2.05 bits per heavy atom. The molecule has 0 unspecified atom stereocenters. The van der Waals surface area contributed by atoms with Crippen molar-refractivity contribution < 1.29 is 0 Å². The Balaban J connectivity index is 2.00. The zero-order valence-electron chi connectivity index (χ0n) is 11.7. The van der Waals surface area contributed by atoms with Crippen molar-refractivity contribution in [3.63, 3.8) is 0 Å². The van der Waals surface area contributed by atoms with Gasteiger partial charge in [-0.3, -0.25) is 5.10 Å². The first-order valence-corrected chi connectivity index (χ1v) is 6.85. The van der Waals surface area contributed by atoms with E-state index in [9.17, 15) is 0 Å². The third-order valence-corrected chi connectivity index (χ3v) is 3.91. The molecule has 3 N–H and O–H groups in total. The quantitative estimate of drug-likeness (QED) is 0.591. The molecule has 0 saturated carbocycles. The monoisotopic (exact) mass is 277 g/mol. The fraction of sp³-hybridized carbons (Fsp3) is 0.125. The fourth-order valence-electron chi connectivity index (χ4n) is 2.81. The molecule has 3 heterocycles. The number of aromatic nitrogens is 4. The number of rotatable bonds is 2. The molecule has 0 spiro atoms. The van der Waals surface area contributed by atoms with E-state index in [-0.39, 0.29) is 0 Å². The first-order valence-electron chi connectivity index (χ1n) is 6.85. The van der Waals surface area contributed by atoms with Crippen molar-refractivity contribution in [2.45, 2.75) is 6.42 Å². The van der Waals surface area contributed by atoms with Crippen LogP contribution in [0.2, 0.25) is 0 Å². The molecule has 0 atom stereocenters. The summed E-state index contributed by atoms with van der Waals surface area (Å²) in [5, 5.41) is 9.64. The van der Waals surface area contributed by atoms with Gasteiger partial charge in [-0.15, -0.1) is 0 Å². The molecule has 0 aliphatic heterocycles. The van der Waals surface area contributed by atoms with Crippen molar-refractivity contribution in [1.29, 1.82) is 0 Å². The number of nitrogens with zero attached hydrogens (tertiary/aromatic N) is 3. The summed E-state index contributed by atoms with van der Waals surface area (Å²) in [5.41, 5.74) is 9.98. The highest BCUT2D eigenvalue weighted by molar-refractivity contribution is 6.09. The highest BCUT2D eigenvalue weighted by Gasteiger charge is 2.14. The maximum atomic E-state index is 6.04. The topological polar surface area (TPSA) is 72.5 Å². The summed E-state index contributed by atoms with van der Waals surface area (Å²) >= 11 is 0. The van der Waals surface area contributed by atoms with Crippen molar-refractivity contribution >= 4 is 27.6 Å². The van der Waals surface area contributed by atoms with Gasteiger partial charge in [-0.1, -0.05) is 18.2 Å². The summed E-state index contributed by atoms with van der Waals surface area (Å²) < 4.78 is 2.11. The summed E-state index contributed by atoms with van der Waals surface area (Å²) in [4.78, 5) is 4.42. The SMILES string of the molecule is Cn1cccc1Cc1[nH]nc2c(N)nc3ccccc3c12. The summed E-state index contributed by atoms with van der Waals surface area (Å²) in [6.45, 7) is 0. The number of fused-ring (bicyclic) bond motifs is 3. The van der Waals surface area contributed by atoms with E-state index in [1.165, 1.54) is 5.69 Å². The minimum absolute atomic E-state index is 0.470. The second-order valence-corrected chi connectivity index (χ2v) is 5.23. The average molecular weight is 277 g/mol. The summed E-state index contributed by atoms with van der Waals surface area (Å²) in [7, 11) is 2.04. The fourth-order valence-corrected chi connectivity index (χ4v) is 2.81. The van der Waals surface area contributed by atoms with Gasteiger partial charge in [0.15, 0.2) is 5.82 Å². The van der Waals surface area contributed by atoms with E-state index in [0.29, 0.717) is 5.82 Å². The van der Waals surface area contributed by atoms with Gasteiger partial charge >= 0.3 is 0 Å². The van der Waals surface area contributed by atoms with Crippen molar-refractivity contribution in [2.75, 3.05) is 5.73 Å². The van der Waals surface area contributed by atoms with Crippen LogP contribution in [0, 0.1) is 0 Å². The van der Waals surface area contributed by atoms with E-state index in [1.807, 2.05) is 37.5 Å². The normalized spacial score (nSPS) is 11.5. The molecule has 0 aliphatic rings. The smallest absolute Gasteiger partial charge is 0.152 e. The third kappa shape index (κ3) is 1.78. The number of nitrogen functional groups attached to an aromatic ring is 1. The molecule has 4 aromatic rings.